The summed E-state index contributed by atoms with van der Waals surface area (Å²) in [5, 5.41) is 0. The van der Waals surface area contributed by atoms with Gasteiger partial charge in [-0.15, -0.1) is 0 Å². The molecular formula is C15H20FNO3S. The van der Waals surface area contributed by atoms with Gasteiger partial charge in [-0.1, -0.05) is 19.1 Å². The minimum Gasteiger partial charge on any atom is -0.338 e. The third-order valence-electron chi connectivity index (χ3n) is 3.70. The molecule has 6 heteroatoms. The molecule has 0 N–H and O–H groups in total. The number of hydrogen-bond acceptors (Lipinski definition) is 3. The van der Waals surface area contributed by atoms with Crippen molar-refractivity contribution in [1.29, 1.82) is 0 Å². The quantitative estimate of drug-likeness (QED) is 0.833. The maximum absolute atomic E-state index is 12.9. The molecule has 1 amide bonds. The van der Waals surface area contributed by atoms with Crippen LogP contribution in [0.5, 0.6) is 0 Å². The molecule has 21 heavy (non-hydrogen) atoms. The average molecular weight is 313 g/mol. The molecule has 1 saturated heterocycles. The lowest BCUT2D eigenvalue weighted by molar-refractivity contribution is -0.132. The van der Waals surface area contributed by atoms with E-state index in [0.29, 0.717) is 13.0 Å². The molecule has 0 aliphatic carbocycles. The first-order chi connectivity index (χ1) is 9.91. The van der Waals surface area contributed by atoms with E-state index >= 15 is 0 Å². The van der Waals surface area contributed by atoms with Gasteiger partial charge in [0.2, 0.25) is 5.91 Å². The van der Waals surface area contributed by atoms with Gasteiger partial charge < -0.3 is 4.90 Å². The molecule has 0 spiro atoms. The van der Waals surface area contributed by atoms with Crippen molar-refractivity contribution >= 4 is 15.7 Å². The fourth-order valence-electron chi connectivity index (χ4n) is 2.65. The minimum absolute atomic E-state index is 0.0577. The highest BCUT2D eigenvalue weighted by Gasteiger charge is 2.34. The van der Waals surface area contributed by atoms with Crippen molar-refractivity contribution in [2.45, 2.75) is 32.2 Å². The number of carbonyl (C=O) groups is 1. The summed E-state index contributed by atoms with van der Waals surface area (Å²) in [4.78, 5) is 14.1. The van der Waals surface area contributed by atoms with Gasteiger partial charge in [0.25, 0.3) is 0 Å². The van der Waals surface area contributed by atoms with E-state index in [0.717, 1.165) is 12.0 Å². The Hall–Kier alpha value is -1.43. The van der Waals surface area contributed by atoms with Crippen LogP contribution in [0.4, 0.5) is 4.39 Å². The predicted octanol–water partition coefficient (Wildman–Crippen LogP) is 1.79. The van der Waals surface area contributed by atoms with Crippen molar-refractivity contribution in [3.8, 4) is 0 Å². The van der Waals surface area contributed by atoms with Crippen LogP contribution in [0.2, 0.25) is 0 Å². The molecule has 1 aromatic carbocycles. The maximum atomic E-state index is 12.9. The van der Waals surface area contributed by atoms with Crippen molar-refractivity contribution in [2.75, 3.05) is 18.1 Å². The Morgan fingerprint density at radius 2 is 2.00 bits per heavy atom. The van der Waals surface area contributed by atoms with Crippen LogP contribution in [0.25, 0.3) is 0 Å². The van der Waals surface area contributed by atoms with Crippen LogP contribution in [0, 0.1) is 5.82 Å². The van der Waals surface area contributed by atoms with Crippen LogP contribution in [-0.4, -0.2) is 43.3 Å². The van der Waals surface area contributed by atoms with Crippen molar-refractivity contribution in [1.82, 2.24) is 4.90 Å². The van der Waals surface area contributed by atoms with Crippen LogP contribution in [0.15, 0.2) is 24.3 Å². The molecule has 1 heterocycles. The first kappa shape index (κ1) is 15.9. The summed E-state index contributed by atoms with van der Waals surface area (Å²) in [6.07, 6.45) is 1.47. The summed E-state index contributed by atoms with van der Waals surface area (Å²) in [5.74, 6) is -0.215. The largest absolute Gasteiger partial charge is 0.338 e. The number of hydrogen-bond donors (Lipinski definition) is 0. The van der Waals surface area contributed by atoms with E-state index in [9.17, 15) is 17.6 Å². The fraction of sp³-hybridized carbons (Fsp3) is 0.533. The fourth-order valence-corrected chi connectivity index (χ4v) is 4.38. The first-order valence-corrected chi connectivity index (χ1v) is 8.98. The number of nitrogens with zero attached hydrogens (tertiary/aromatic N) is 1. The Bertz CT molecular complexity index is 598. The number of sulfone groups is 1. The number of halogens is 1. The smallest absolute Gasteiger partial charge is 0.227 e. The van der Waals surface area contributed by atoms with E-state index in [1.807, 2.05) is 6.92 Å². The predicted molar refractivity (Wildman–Crippen MR) is 79.2 cm³/mol. The van der Waals surface area contributed by atoms with Crippen molar-refractivity contribution in [3.63, 3.8) is 0 Å². The summed E-state index contributed by atoms with van der Waals surface area (Å²) >= 11 is 0. The SMILES string of the molecule is CCCN(C(=O)Cc1ccc(F)cc1)C1CCS(=O)(=O)C1. The van der Waals surface area contributed by atoms with Gasteiger partial charge in [-0.2, -0.15) is 0 Å². The number of amides is 1. The van der Waals surface area contributed by atoms with Crippen LogP contribution >= 0.6 is 0 Å². The van der Waals surface area contributed by atoms with Crippen LogP contribution < -0.4 is 0 Å². The Kier molecular flexibility index (Phi) is 4.98. The summed E-state index contributed by atoms with van der Waals surface area (Å²) in [5.41, 5.74) is 0.739. The lowest BCUT2D eigenvalue weighted by Gasteiger charge is -2.28. The molecule has 1 aliphatic heterocycles. The van der Waals surface area contributed by atoms with Gasteiger partial charge in [-0.05, 0) is 30.5 Å². The summed E-state index contributed by atoms with van der Waals surface area (Å²) in [7, 11) is -3.01. The van der Waals surface area contributed by atoms with Crippen LogP contribution in [0.3, 0.4) is 0 Å². The summed E-state index contributed by atoms with van der Waals surface area (Å²) < 4.78 is 36.0. The highest BCUT2D eigenvalue weighted by atomic mass is 32.2. The van der Waals surface area contributed by atoms with Gasteiger partial charge in [-0.3, -0.25) is 4.79 Å². The van der Waals surface area contributed by atoms with Crippen LogP contribution in [-0.2, 0) is 21.1 Å². The highest BCUT2D eigenvalue weighted by molar-refractivity contribution is 7.91. The molecule has 1 aromatic rings. The Labute approximate surface area is 124 Å². The Morgan fingerprint density at radius 3 is 2.52 bits per heavy atom. The zero-order valence-corrected chi connectivity index (χ0v) is 12.9. The highest BCUT2D eigenvalue weighted by Crippen LogP contribution is 2.19. The second-order valence-electron chi connectivity index (χ2n) is 5.45. The molecule has 0 aromatic heterocycles. The topological polar surface area (TPSA) is 54.5 Å². The Balaban J connectivity index is 2.07. The first-order valence-electron chi connectivity index (χ1n) is 7.15. The second kappa shape index (κ2) is 6.56. The average Bonchev–Trinajstić information content (AvgIpc) is 2.78. The zero-order valence-electron chi connectivity index (χ0n) is 12.1. The third-order valence-corrected chi connectivity index (χ3v) is 5.45. The van der Waals surface area contributed by atoms with Crippen molar-refractivity contribution in [2.24, 2.45) is 0 Å². The molecule has 2 rings (SSSR count). The molecule has 4 nitrogen and oxygen atoms in total. The van der Waals surface area contributed by atoms with Gasteiger partial charge in [0.15, 0.2) is 9.84 Å². The van der Waals surface area contributed by atoms with Crippen LogP contribution in [0.1, 0.15) is 25.3 Å². The molecule has 116 valence electrons. The molecule has 1 fully saturated rings. The molecular weight excluding hydrogens is 293 g/mol. The van der Waals surface area contributed by atoms with E-state index in [1.54, 1.807) is 17.0 Å². The molecule has 1 unspecified atom stereocenters. The molecule has 1 aliphatic rings. The van der Waals surface area contributed by atoms with E-state index in [4.69, 9.17) is 0 Å². The van der Waals surface area contributed by atoms with Gasteiger partial charge in [-0.25, -0.2) is 12.8 Å². The van der Waals surface area contributed by atoms with Gasteiger partial charge in [0.05, 0.1) is 17.9 Å². The lowest BCUT2D eigenvalue weighted by Crippen LogP contribution is -2.42. The van der Waals surface area contributed by atoms with E-state index < -0.39 is 9.84 Å². The Morgan fingerprint density at radius 1 is 1.33 bits per heavy atom. The number of carbonyl (C=O) groups excluding carboxylic acids is 1. The maximum Gasteiger partial charge on any atom is 0.227 e. The summed E-state index contributed by atoms with van der Waals surface area (Å²) in [6, 6.07) is 5.60. The number of benzene rings is 1. The normalized spacial score (nSPS) is 20.4. The molecule has 0 radical (unpaired) electrons. The minimum atomic E-state index is -3.01. The summed E-state index contributed by atoms with van der Waals surface area (Å²) in [6.45, 7) is 2.52. The third kappa shape index (κ3) is 4.27. The standard InChI is InChI=1S/C15H20FNO3S/c1-2-8-17(14-7-9-21(19,20)11-14)15(18)10-12-3-5-13(16)6-4-12/h3-6,14H,2,7-11H2,1H3. The monoisotopic (exact) mass is 313 g/mol. The zero-order chi connectivity index (χ0) is 15.5. The van der Waals surface area contributed by atoms with E-state index in [2.05, 4.69) is 0 Å². The second-order valence-corrected chi connectivity index (χ2v) is 7.68. The van der Waals surface area contributed by atoms with Crippen molar-refractivity contribution < 1.29 is 17.6 Å². The van der Waals surface area contributed by atoms with Gasteiger partial charge >= 0.3 is 0 Å². The lowest BCUT2D eigenvalue weighted by atomic mass is 10.1. The molecule has 1 atom stereocenters. The van der Waals surface area contributed by atoms with E-state index in [-0.39, 0.29) is 35.7 Å². The van der Waals surface area contributed by atoms with E-state index in [1.165, 1.54) is 12.1 Å². The van der Waals surface area contributed by atoms with Crippen molar-refractivity contribution in [3.05, 3.63) is 35.6 Å². The molecule has 0 bridgehead atoms. The number of rotatable bonds is 5. The molecule has 0 saturated carbocycles. The van der Waals surface area contributed by atoms with Gasteiger partial charge in [0.1, 0.15) is 5.82 Å². The van der Waals surface area contributed by atoms with Gasteiger partial charge in [0, 0.05) is 12.6 Å².